The summed E-state index contributed by atoms with van der Waals surface area (Å²) < 4.78 is 0.911. The average molecular weight is 356 g/mol. The Morgan fingerprint density at radius 2 is 2.21 bits per heavy atom. The predicted octanol–water partition coefficient (Wildman–Crippen LogP) is 4.72. The number of carbonyl (C=O) groups excluding carboxylic acids is 1. The summed E-state index contributed by atoms with van der Waals surface area (Å²) in [4.78, 5) is 17.0. The van der Waals surface area contributed by atoms with Crippen molar-refractivity contribution in [2.45, 2.75) is 25.8 Å². The van der Waals surface area contributed by atoms with Crippen molar-refractivity contribution in [1.29, 1.82) is 0 Å². The summed E-state index contributed by atoms with van der Waals surface area (Å²) in [6.45, 7) is 2.98. The number of hydrogen-bond donors (Lipinski definition) is 0. The highest BCUT2D eigenvalue weighted by Crippen LogP contribution is 2.37. The van der Waals surface area contributed by atoms with E-state index in [0.717, 1.165) is 28.7 Å². The Balaban J connectivity index is 1.94. The van der Waals surface area contributed by atoms with Crippen LogP contribution in [0.4, 0.5) is 0 Å². The van der Waals surface area contributed by atoms with Crippen molar-refractivity contribution in [2.24, 2.45) is 0 Å². The lowest BCUT2D eigenvalue weighted by Gasteiger charge is -2.35. The first-order valence-corrected chi connectivity index (χ1v) is 8.87. The molecule has 0 N–H and O–H groups in total. The normalized spacial score (nSPS) is 18.4. The first-order chi connectivity index (χ1) is 9.22. The fourth-order valence-electron chi connectivity index (χ4n) is 2.66. The smallest absolute Gasteiger partial charge is 0.265 e. The standard InChI is InChI=1S/C14H14BrNOS2/c1-2-11-9-4-7-18-12(9)3-6-16(11)14(17)13-10(15)5-8-19-13/h4-5,7-8,11H,2-3,6H2,1H3. The summed E-state index contributed by atoms with van der Waals surface area (Å²) in [5.74, 6) is 0.158. The van der Waals surface area contributed by atoms with Gasteiger partial charge in [0.1, 0.15) is 4.88 Å². The number of hydrogen-bond acceptors (Lipinski definition) is 3. The van der Waals surface area contributed by atoms with Gasteiger partial charge in [-0.1, -0.05) is 6.92 Å². The number of rotatable bonds is 2. The minimum absolute atomic E-state index is 0.158. The van der Waals surface area contributed by atoms with Gasteiger partial charge in [-0.2, -0.15) is 0 Å². The van der Waals surface area contributed by atoms with Crippen LogP contribution in [0.1, 0.15) is 39.5 Å². The van der Waals surface area contributed by atoms with Crippen LogP contribution < -0.4 is 0 Å². The fourth-order valence-corrected chi connectivity index (χ4v) is 5.08. The summed E-state index contributed by atoms with van der Waals surface area (Å²) in [5, 5.41) is 4.10. The molecule has 1 aliphatic heterocycles. The summed E-state index contributed by atoms with van der Waals surface area (Å²) in [6.07, 6.45) is 1.96. The molecule has 0 radical (unpaired) electrons. The molecule has 0 spiro atoms. The largest absolute Gasteiger partial charge is 0.330 e. The summed E-state index contributed by atoms with van der Waals surface area (Å²) in [7, 11) is 0. The van der Waals surface area contributed by atoms with Gasteiger partial charge in [0.2, 0.25) is 0 Å². The van der Waals surface area contributed by atoms with Gasteiger partial charge in [-0.15, -0.1) is 22.7 Å². The zero-order chi connectivity index (χ0) is 13.4. The molecule has 1 aliphatic rings. The molecule has 1 amide bonds. The Bertz CT molecular complexity index is 604. The molecule has 3 heterocycles. The number of amides is 1. The second kappa shape index (κ2) is 5.38. The van der Waals surface area contributed by atoms with Crippen LogP contribution in [0.3, 0.4) is 0 Å². The lowest BCUT2D eigenvalue weighted by atomic mass is 9.97. The lowest BCUT2D eigenvalue weighted by molar-refractivity contribution is 0.0661. The van der Waals surface area contributed by atoms with Crippen LogP contribution in [0.25, 0.3) is 0 Å². The van der Waals surface area contributed by atoms with E-state index in [1.54, 1.807) is 0 Å². The topological polar surface area (TPSA) is 20.3 Å². The van der Waals surface area contributed by atoms with Crippen molar-refractivity contribution in [1.82, 2.24) is 4.90 Å². The van der Waals surface area contributed by atoms with Gasteiger partial charge in [0.15, 0.2) is 0 Å². The number of halogens is 1. The Morgan fingerprint density at radius 3 is 2.89 bits per heavy atom. The van der Waals surface area contributed by atoms with Crippen LogP contribution in [0.5, 0.6) is 0 Å². The van der Waals surface area contributed by atoms with Crippen LogP contribution in [0.2, 0.25) is 0 Å². The Hall–Kier alpha value is -0.650. The van der Waals surface area contributed by atoms with E-state index in [0.29, 0.717) is 0 Å². The van der Waals surface area contributed by atoms with Gasteiger partial charge in [-0.25, -0.2) is 0 Å². The van der Waals surface area contributed by atoms with E-state index in [2.05, 4.69) is 34.3 Å². The highest BCUT2D eigenvalue weighted by Gasteiger charge is 2.31. The summed E-state index contributed by atoms with van der Waals surface area (Å²) in [6, 6.07) is 4.35. The predicted molar refractivity (Wildman–Crippen MR) is 84.1 cm³/mol. The average Bonchev–Trinajstić information content (AvgIpc) is 3.04. The molecule has 2 aromatic heterocycles. The third-order valence-corrected chi connectivity index (χ3v) is 6.38. The van der Waals surface area contributed by atoms with E-state index >= 15 is 0 Å². The molecular weight excluding hydrogens is 342 g/mol. The fraction of sp³-hybridized carbons (Fsp3) is 0.357. The van der Waals surface area contributed by atoms with Crippen molar-refractivity contribution >= 4 is 44.5 Å². The maximum absolute atomic E-state index is 12.7. The van der Waals surface area contributed by atoms with E-state index < -0.39 is 0 Å². The molecule has 3 rings (SSSR count). The van der Waals surface area contributed by atoms with Crippen molar-refractivity contribution in [2.75, 3.05) is 6.54 Å². The highest BCUT2D eigenvalue weighted by atomic mass is 79.9. The molecule has 100 valence electrons. The van der Waals surface area contributed by atoms with Crippen LogP contribution >= 0.6 is 38.6 Å². The molecule has 0 fully saturated rings. The molecule has 0 saturated heterocycles. The van der Waals surface area contributed by atoms with Gasteiger partial charge in [0.05, 0.1) is 6.04 Å². The van der Waals surface area contributed by atoms with E-state index in [9.17, 15) is 4.79 Å². The number of carbonyl (C=O) groups is 1. The zero-order valence-electron chi connectivity index (χ0n) is 10.6. The Labute approximate surface area is 129 Å². The van der Waals surface area contributed by atoms with Gasteiger partial charge >= 0.3 is 0 Å². The molecule has 19 heavy (non-hydrogen) atoms. The lowest BCUT2D eigenvalue weighted by Crippen LogP contribution is -2.39. The van der Waals surface area contributed by atoms with Crippen molar-refractivity contribution in [3.63, 3.8) is 0 Å². The second-order valence-corrected chi connectivity index (χ2v) is 7.34. The number of nitrogens with zero attached hydrogens (tertiary/aromatic N) is 1. The molecule has 5 heteroatoms. The molecule has 2 nitrogen and oxygen atoms in total. The van der Waals surface area contributed by atoms with E-state index in [1.807, 2.05) is 27.7 Å². The van der Waals surface area contributed by atoms with Crippen LogP contribution in [0.15, 0.2) is 27.4 Å². The molecule has 2 aromatic rings. The second-order valence-electron chi connectivity index (χ2n) is 4.57. The first kappa shape index (κ1) is 13.3. The van der Waals surface area contributed by atoms with Gasteiger partial charge in [-0.05, 0) is 57.2 Å². The van der Waals surface area contributed by atoms with Gasteiger partial charge in [-0.3, -0.25) is 4.79 Å². The van der Waals surface area contributed by atoms with Crippen LogP contribution in [0, 0.1) is 0 Å². The van der Waals surface area contributed by atoms with E-state index in [4.69, 9.17) is 0 Å². The maximum atomic E-state index is 12.7. The van der Waals surface area contributed by atoms with Gasteiger partial charge in [0, 0.05) is 15.9 Å². The maximum Gasteiger partial charge on any atom is 0.265 e. The van der Waals surface area contributed by atoms with E-state index in [-0.39, 0.29) is 11.9 Å². The molecule has 1 atom stereocenters. The van der Waals surface area contributed by atoms with Gasteiger partial charge in [0.25, 0.3) is 5.91 Å². The molecule has 1 unspecified atom stereocenters. The van der Waals surface area contributed by atoms with Crippen LogP contribution in [-0.4, -0.2) is 17.4 Å². The minimum Gasteiger partial charge on any atom is -0.330 e. The molecular formula is C14H14BrNOS2. The quantitative estimate of drug-likeness (QED) is 0.762. The summed E-state index contributed by atoms with van der Waals surface area (Å²) in [5.41, 5.74) is 1.35. The SMILES string of the molecule is CCC1c2ccsc2CCN1C(=O)c1sccc1Br. The zero-order valence-corrected chi connectivity index (χ0v) is 13.8. The number of fused-ring (bicyclic) bond motifs is 1. The minimum atomic E-state index is 0.158. The molecule has 0 aromatic carbocycles. The van der Waals surface area contributed by atoms with Gasteiger partial charge < -0.3 is 4.90 Å². The summed E-state index contributed by atoms with van der Waals surface area (Å²) >= 11 is 6.79. The monoisotopic (exact) mass is 355 g/mol. The third-order valence-electron chi connectivity index (χ3n) is 3.55. The molecule has 0 bridgehead atoms. The number of thiophene rings is 2. The highest BCUT2D eigenvalue weighted by molar-refractivity contribution is 9.10. The molecule has 0 aliphatic carbocycles. The van der Waals surface area contributed by atoms with Crippen LogP contribution in [-0.2, 0) is 6.42 Å². The third kappa shape index (κ3) is 2.28. The van der Waals surface area contributed by atoms with Crippen molar-refractivity contribution in [3.8, 4) is 0 Å². The van der Waals surface area contributed by atoms with Crippen molar-refractivity contribution in [3.05, 3.63) is 42.7 Å². The Morgan fingerprint density at radius 1 is 1.42 bits per heavy atom. The van der Waals surface area contributed by atoms with Crippen molar-refractivity contribution < 1.29 is 4.79 Å². The Kier molecular flexibility index (Phi) is 3.78. The molecule has 0 saturated carbocycles. The first-order valence-electron chi connectivity index (χ1n) is 6.32. The van der Waals surface area contributed by atoms with E-state index in [1.165, 1.54) is 21.8 Å².